The molecule has 0 radical (unpaired) electrons. The quantitative estimate of drug-likeness (QED) is 0.485. The zero-order valence-corrected chi connectivity index (χ0v) is 24.7. The van der Waals surface area contributed by atoms with Gasteiger partial charge >= 0.3 is 6.01 Å². The summed E-state index contributed by atoms with van der Waals surface area (Å²) in [5.74, 6) is -0.918. The van der Waals surface area contributed by atoms with Gasteiger partial charge in [0.2, 0.25) is 0 Å². The number of anilines is 2. The zero-order chi connectivity index (χ0) is 29.4. The average Bonchev–Trinajstić information content (AvgIpc) is 3.39. The second-order valence-corrected chi connectivity index (χ2v) is 12.5. The number of fused-ring (bicyclic) bond motifs is 2. The number of carbonyl (C=O) groups excluding carboxylic acids is 1. The fraction of sp³-hybridized carbons (Fsp3) is 0.562. The van der Waals surface area contributed by atoms with Crippen LogP contribution >= 0.6 is 0 Å². The highest BCUT2D eigenvalue weighted by Gasteiger charge is 2.42. The number of halogens is 1. The number of nitrogens with zero attached hydrogens (tertiary/aromatic N) is 7. The van der Waals surface area contributed by atoms with Crippen LogP contribution in [0.1, 0.15) is 42.5 Å². The molecular formula is C32H40FN7O2. The molecule has 1 aliphatic carbocycles. The monoisotopic (exact) mass is 573 g/mol. The summed E-state index contributed by atoms with van der Waals surface area (Å²) in [5, 5.41) is 9.50. The summed E-state index contributed by atoms with van der Waals surface area (Å²) >= 11 is 0. The second-order valence-electron chi connectivity index (χ2n) is 12.5. The third kappa shape index (κ3) is 5.42. The van der Waals surface area contributed by atoms with Crippen molar-refractivity contribution in [1.82, 2.24) is 19.8 Å². The van der Waals surface area contributed by atoms with E-state index in [0.717, 1.165) is 68.7 Å². The largest absolute Gasteiger partial charge is 0.462 e. The molecule has 3 aliphatic heterocycles. The van der Waals surface area contributed by atoms with Gasteiger partial charge in [-0.05, 0) is 69.2 Å². The average molecular weight is 574 g/mol. The van der Waals surface area contributed by atoms with Crippen LogP contribution in [-0.4, -0.2) is 91.2 Å². The summed E-state index contributed by atoms with van der Waals surface area (Å²) in [6.07, 6.45) is 6.06. The molecule has 9 nitrogen and oxygen atoms in total. The number of ether oxygens (including phenoxy) is 1. The van der Waals surface area contributed by atoms with E-state index in [1.54, 1.807) is 0 Å². The van der Waals surface area contributed by atoms with Crippen molar-refractivity contribution >= 4 is 17.4 Å². The minimum absolute atomic E-state index is 0.0701. The molecule has 1 spiro atoms. The minimum Gasteiger partial charge on any atom is -0.462 e. The Labute approximate surface area is 247 Å². The number of piperazine rings is 1. The molecule has 10 heteroatoms. The number of benzene rings is 1. The van der Waals surface area contributed by atoms with Crippen LogP contribution in [0.15, 0.2) is 36.7 Å². The van der Waals surface area contributed by atoms with E-state index in [9.17, 15) is 14.4 Å². The Morgan fingerprint density at radius 3 is 2.79 bits per heavy atom. The van der Waals surface area contributed by atoms with Gasteiger partial charge in [0, 0.05) is 50.5 Å². The third-order valence-corrected chi connectivity index (χ3v) is 9.72. The van der Waals surface area contributed by atoms with Crippen molar-refractivity contribution in [3.63, 3.8) is 0 Å². The predicted octanol–water partition coefficient (Wildman–Crippen LogP) is 3.53. The van der Waals surface area contributed by atoms with Gasteiger partial charge in [0.15, 0.2) is 5.83 Å². The van der Waals surface area contributed by atoms with Crippen molar-refractivity contribution in [2.75, 3.05) is 63.2 Å². The van der Waals surface area contributed by atoms with Crippen LogP contribution in [0.5, 0.6) is 6.01 Å². The van der Waals surface area contributed by atoms with Crippen molar-refractivity contribution < 1.29 is 13.9 Å². The maximum Gasteiger partial charge on any atom is 0.318 e. The van der Waals surface area contributed by atoms with Gasteiger partial charge < -0.3 is 24.3 Å². The lowest BCUT2D eigenvalue weighted by molar-refractivity contribution is -0.131. The summed E-state index contributed by atoms with van der Waals surface area (Å²) in [6, 6.07) is 11.1. The summed E-state index contributed by atoms with van der Waals surface area (Å²) in [6.45, 7) is 6.92. The van der Waals surface area contributed by atoms with Crippen LogP contribution in [0.25, 0.3) is 0 Å². The Morgan fingerprint density at radius 2 is 2.02 bits per heavy atom. The lowest BCUT2D eigenvalue weighted by Crippen LogP contribution is -2.56. The fourth-order valence-electron chi connectivity index (χ4n) is 7.54. The second kappa shape index (κ2) is 11.5. The lowest BCUT2D eigenvalue weighted by Gasteiger charge is -2.46. The first-order valence-electron chi connectivity index (χ1n) is 15.1. The van der Waals surface area contributed by atoms with Crippen LogP contribution in [0, 0.1) is 16.7 Å². The number of rotatable bonds is 6. The first-order valence-corrected chi connectivity index (χ1v) is 15.1. The number of carbonyl (C=O) groups is 1. The maximum atomic E-state index is 13.8. The smallest absolute Gasteiger partial charge is 0.318 e. The predicted molar refractivity (Wildman–Crippen MR) is 159 cm³/mol. The molecule has 0 N–H and O–H groups in total. The van der Waals surface area contributed by atoms with E-state index in [0.29, 0.717) is 38.3 Å². The molecule has 6 rings (SSSR count). The summed E-state index contributed by atoms with van der Waals surface area (Å²) in [5.41, 5.74) is 4.90. The number of hydrogen-bond acceptors (Lipinski definition) is 8. The Kier molecular flexibility index (Phi) is 7.79. The number of likely N-dealkylation sites (tertiary alicyclic amines) is 1. The molecule has 3 atom stereocenters. The van der Waals surface area contributed by atoms with E-state index >= 15 is 0 Å². The van der Waals surface area contributed by atoms with Gasteiger partial charge in [-0.3, -0.25) is 4.79 Å². The molecule has 0 saturated carbocycles. The Balaban J connectivity index is 1.32. The number of hydrogen-bond donors (Lipinski definition) is 0. The van der Waals surface area contributed by atoms with Gasteiger partial charge in [-0.15, -0.1) is 0 Å². The van der Waals surface area contributed by atoms with Crippen LogP contribution in [0.2, 0.25) is 0 Å². The first kappa shape index (κ1) is 28.4. The number of para-hydroxylation sites is 1. The lowest BCUT2D eigenvalue weighted by atomic mass is 9.67. The van der Waals surface area contributed by atoms with E-state index in [2.05, 4.69) is 65.7 Å². The van der Waals surface area contributed by atoms with Crippen LogP contribution in [0.4, 0.5) is 15.9 Å². The number of amides is 1. The van der Waals surface area contributed by atoms with E-state index in [-0.39, 0.29) is 11.8 Å². The molecule has 4 aliphatic rings. The molecule has 222 valence electrons. The van der Waals surface area contributed by atoms with Gasteiger partial charge in [-0.2, -0.15) is 15.2 Å². The van der Waals surface area contributed by atoms with Gasteiger partial charge in [0.05, 0.1) is 24.2 Å². The number of aromatic nitrogens is 2. The van der Waals surface area contributed by atoms with E-state index in [1.165, 1.54) is 16.2 Å². The molecule has 2 aromatic rings. The normalized spacial score (nSPS) is 25.6. The minimum atomic E-state index is -0.998. The van der Waals surface area contributed by atoms with Gasteiger partial charge in [-0.1, -0.05) is 24.8 Å². The molecule has 3 unspecified atom stereocenters. The molecule has 2 fully saturated rings. The molecule has 4 heterocycles. The molecule has 0 bridgehead atoms. The maximum absolute atomic E-state index is 13.8. The van der Waals surface area contributed by atoms with Crippen molar-refractivity contribution in [1.29, 1.82) is 5.26 Å². The fourth-order valence-corrected chi connectivity index (χ4v) is 7.54. The SMILES string of the molecule is C=C(F)C(=O)N1CCN(c2nc(OCC3CCCN3C)nc3c2CCC2(Cc4ccccc4N(C)C2)C3)CC1CC#N. The van der Waals surface area contributed by atoms with Crippen LogP contribution in [0.3, 0.4) is 0 Å². The van der Waals surface area contributed by atoms with E-state index in [1.807, 2.05) is 0 Å². The van der Waals surface area contributed by atoms with Gasteiger partial charge in [0.25, 0.3) is 5.91 Å². The van der Waals surface area contributed by atoms with Crippen molar-refractivity contribution in [3.05, 3.63) is 53.5 Å². The van der Waals surface area contributed by atoms with Crippen LogP contribution in [-0.2, 0) is 24.1 Å². The van der Waals surface area contributed by atoms with E-state index in [4.69, 9.17) is 14.7 Å². The number of likely N-dealkylation sites (N-methyl/N-ethyl adjacent to an activating group) is 1. The summed E-state index contributed by atoms with van der Waals surface area (Å²) in [4.78, 5) is 30.8. The highest BCUT2D eigenvalue weighted by molar-refractivity contribution is 5.91. The Bertz CT molecular complexity index is 1410. The van der Waals surface area contributed by atoms with E-state index < -0.39 is 17.8 Å². The van der Waals surface area contributed by atoms with Gasteiger partial charge in [-0.25, -0.2) is 4.39 Å². The first-order chi connectivity index (χ1) is 20.3. The number of nitriles is 1. The molecule has 2 saturated heterocycles. The Hall–Kier alpha value is -3.71. The van der Waals surface area contributed by atoms with Gasteiger partial charge in [0.1, 0.15) is 12.4 Å². The third-order valence-electron chi connectivity index (χ3n) is 9.72. The summed E-state index contributed by atoms with van der Waals surface area (Å²) < 4.78 is 20.1. The highest BCUT2D eigenvalue weighted by atomic mass is 19.1. The molecule has 1 amide bonds. The summed E-state index contributed by atoms with van der Waals surface area (Å²) in [7, 11) is 4.30. The molecule has 1 aromatic carbocycles. The van der Waals surface area contributed by atoms with Crippen molar-refractivity contribution in [2.24, 2.45) is 5.41 Å². The standard InChI is InChI=1S/C32H40FN7O2/c1-22(33)30(41)40-16-15-39(19-24(40)11-13-34)29-26-10-12-32(17-23-7-4-5-9-28(23)38(3)21-32)18-27(26)35-31(36-29)42-20-25-8-6-14-37(25)2/h4-5,7,9,24-25H,1,6,8,10-12,14-21H2,2-3H3. The molecular weight excluding hydrogens is 533 g/mol. The van der Waals surface area contributed by atoms with Crippen molar-refractivity contribution in [2.45, 2.75) is 57.0 Å². The van der Waals surface area contributed by atoms with Crippen molar-refractivity contribution in [3.8, 4) is 12.1 Å². The zero-order valence-electron chi connectivity index (χ0n) is 24.7. The van der Waals surface area contributed by atoms with Crippen LogP contribution < -0.4 is 14.5 Å². The topological polar surface area (TPSA) is 88.8 Å². The highest BCUT2D eigenvalue weighted by Crippen LogP contribution is 2.46. The molecule has 42 heavy (non-hydrogen) atoms. The Morgan fingerprint density at radius 1 is 1.19 bits per heavy atom. The molecule has 1 aromatic heterocycles.